The Hall–Kier alpha value is -2.58. The molecule has 24 heavy (non-hydrogen) atoms. The van der Waals surface area contributed by atoms with Gasteiger partial charge in [0.25, 0.3) is 0 Å². The van der Waals surface area contributed by atoms with Gasteiger partial charge < -0.3 is 15.3 Å². The van der Waals surface area contributed by atoms with Crippen LogP contribution in [0.1, 0.15) is 16.9 Å². The van der Waals surface area contributed by atoms with Crippen LogP contribution in [0, 0.1) is 0 Å². The van der Waals surface area contributed by atoms with Crippen LogP contribution in [0.5, 0.6) is 5.75 Å². The first-order valence-corrected chi connectivity index (χ1v) is 6.46. The molecule has 0 bridgehead atoms. The number of nitrogens with two attached hydrogens (primary N) is 1. The Morgan fingerprint density at radius 3 is 1.96 bits per heavy atom. The molecular weight excluding hydrogens is 340 g/mol. The van der Waals surface area contributed by atoms with Crippen LogP contribution in [0.4, 0.5) is 32.2 Å². The highest BCUT2D eigenvalue weighted by molar-refractivity contribution is 5.81. The van der Waals surface area contributed by atoms with Crippen LogP contribution in [-0.2, 0) is 18.8 Å². The van der Waals surface area contributed by atoms with Gasteiger partial charge in [0.1, 0.15) is 0 Å². The van der Waals surface area contributed by atoms with E-state index in [4.69, 9.17) is 10.2 Å². The van der Waals surface area contributed by atoms with Crippen molar-refractivity contribution in [2.75, 3.05) is 5.73 Å². The van der Waals surface area contributed by atoms with E-state index in [0.717, 1.165) is 0 Å². The number of rotatable bonds is 3. The molecule has 0 aliphatic heterocycles. The lowest BCUT2D eigenvalue weighted by molar-refractivity contribution is -0.143. The van der Waals surface area contributed by atoms with Crippen LogP contribution < -0.4 is 5.73 Å². The van der Waals surface area contributed by atoms with Gasteiger partial charge in [-0.25, -0.2) is 0 Å². The van der Waals surface area contributed by atoms with Crippen molar-refractivity contribution >= 4 is 5.88 Å². The summed E-state index contributed by atoms with van der Waals surface area (Å²) in [5, 5.41) is 10.00. The zero-order valence-electron chi connectivity index (χ0n) is 11.9. The fourth-order valence-electron chi connectivity index (χ4n) is 2.14. The average molecular weight is 351 g/mol. The topological polar surface area (TPSA) is 59.4 Å². The number of halogens is 6. The number of hydrogen-bond acceptors (Lipinski definition) is 3. The molecule has 0 atom stereocenters. The first kappa shape index (κ1) is 17.8. The van der Waals surface area contributed by atoms with Gasteiger partial charge in [0.15, 0.2) is 11.5 Å². The normalized spacial score (nSPS) is 12.4. The van der Waals surface area contributed by atoms with Crippen molar-refractivity contribution < 1.29 is 35.9 Å². The standard InChI is InChI=1S/C15H11F6NO2/c1-2-3-10-12(23)11(13(22)24-10)7-4-8(14(16,17)18)6-9(5-7)15(19,20)21/h2,4-6,23H,1,3,22H2. The zero-order chi connectivity index (χ0) is 18.3. The summed E-state index contributed by atoms with van der Waals surface area (Å²) in [6, 6.07) is 0.920. The molecule has 3 nitrogen and oxygen atoms in total. The highest BCUT2D eigenvalue weighted by Crippen LogP contribution is 2.44. The summed E-state index contributed by atoms with van der Waals surface area (Å²) >= 11 is 0. The molecule has 0 aliphatic rings. The minimum absolute atomic E-state index is 0.00111. The molecule has 130 valence electrons. The van der Waals surface area contributed by atoms with Crippen LogP contribution in [0.25, 0.3) is 11.1 Å². The Morgan fingerprint density at radius 2 is 1.54 bits per heavy atom. The van der Waals surface area contributed by atoms with Crippen LogP contribution in [0.15, 0.2) is 35.3 Å². The van der Waals surface area contributed by atoms with Gasteiger partial charge in [-0.15, -0.1) is 6.58 Å². The van der Waals surface area contributed by atoms with Crippen molar-refractivity contribution in [3.05, 3.63) is 47.7 Å². The average Bonchev–Trinajstić information content (AvgIpc) is 2.71. The number of aromatic hydroxyl groups is 1. The van der Waals surface area contributed by atoms with E-state index in [0.29, 0.717) is 12.1 Å². The smallest absolute Gasteiger partial charge is 0.416 e. The van der Waals surface area contributed by atoms with E-state index >= 15 is 0 Å². The number of allylic oxidation sites excluding steroid dienone is 1. The molecule has 1 aromatic heterocycles. The summed E-state index contributed by atoms with van der Waals surface area (Å²) < 4.78 is 82.3. The molecule has 0 aliphatic carbocycles. The third-order valence-corrected chi connectivity index (χ3v) is 3.19. The van der Waals surface area contributed by atoms with Crippen LogP contribution in [0.2, 0.25) is 0 Å². The highest BCUT2D eigenvalue weighted by Gasteiger charge is 2.37. The second kappa shape index (κ2) is 5.81. The number of nitrogen functional groups attached to an aromatic ring is 1. The molecule has 0 amide bonds. The van der Waals surface area contributed by atoms with E-state index in [2.05, 4.69) is 6.58 Å². The van der Waals surface area contributed by atoms with Crippen molar-refractivity contribution in [1.82, 2.24) is 0 Å². The van der Waals surface area contributed by atoms with E-state index in [9.17, 15) is 31.4 Å². The van der Waals surface area contributed by atoms with Gasteiger partial charge >= 0.3 is 12.4 Å². The fourth-order valence-corrected chi connectivity index (χ4v) is 2.14. The van der Waals surface area contributed by atoms with Crippen LogP contribution >= 0.6 is 0 Å². The van der Waals surface area contributed by atoms with Gasteiger partial charge in [-0.1, -0.05) is 6.08 Å². The summed E-state index contributed by atoms with van der Waals surface area (Å²) in [5.41, 5.74) is 1.49. The van der Waals surface area contributed by atoms with Crippen molar-refractivity contribution in [3.8, 4) is 16.9 Å². The van der Waals surface area contributed by atoms with Gasteiger partial charge in [-0.3, -0.25) is 0 Å². The molecule has 1 aromatic carbocycles. The Bertz CT molecular complexity index is 741. The van der Waals surface area contributed by atoms with E-state index in [-0.39, 0.29) is 18.2 Å². The SMILES string of the molecule is C=CCc1oc(N)c(-c2cc(C(F)(F)F)cc(C(F)(F)F)c2)c1O. The molecule has 2 aromatic rings. The molecule has 0 fully saturated rings. The third-order valence-electron chi connectivity index (χ3n) is 3.19. The summed E-state index contributed by atoms with van der Waals surface area (Å²) in [6.07, 6.45) is -8.68. The third kappa shape index (κ3) is 3.34. The second-order valence-corrected chi connectivity index (χ2v) is 4.90. The number of alkyl halides is 6. The minimum Gasteiger partial charge on any atom is -0.504 e. The van der Waals surface area contributed by atoms with Crippen molar-refractivity contribution in [1.29, 1.82) is 0 Å². The van der Waals surface area contributed by atoms with E-state index in [1.807, 2.05) is 0 Å². The lowest BCUT2D eigenvalue weighted by atomic mass is 9.99. The molecule has 1 heterocycles. The quantitative estimate of drug-likeness (QED) is 0.604. The largest absolute Gasteiger partial charge is 0.504 e. The van der Waals surface area contributed by atoms with Crippen molar-refractivity contribution in [2.45, 2.75) is 18.8 Å². The van der Waals surface area contributed by atoms with Crippen molar-refractivity contribution in [2.24, 2.45) is 0 Å². The first-order valence-electron chi connectivity index (χ1n) is 6.46. The Balaban J connectivity index is 2.73. The molecular formula is C15H11F6NO2. The predicted octanol–water partition coefficient (Wildman–Crippen LogP) is 5.00. The Morgan fingerprint density at radius 1 is 1.04 bits per heavy atom. The van der Waals surface area contributed by atoms with Crippen LogP contribution in [0.3, 0.4) is 0 Å². The number of furan rings is 1. The molecule has 0 unspecified atom stereocenters. The minimum atomic E-state index is -5.01. The van der Waals surface area contributed by atoms with E-state index in [1.54, 1.807) is 0 Å². The zero-order valence-corrected chi connectivity index (χ0v) is 11.9. The first-order chi connectivity index (χ1) is 10.9. The van der Waals surface area contributed by atoms with Gasteiger partial charge in [0.05, 0.1) is 16.7 Å². The van der Waals surface area contributed by atoms with E-state index < -0.39 is 46.2 Å². The summed E-state index contributed by atoms with van der Waals surface area (Å²) in [5.74, 6) is -1.22. The molecule has 0 saturated heterocycles. The lowest BCUT2D eigenvalue weighted by Crippen LogP contribution is -2.11. The van der Waals surface area contributed by atoms with E-state index in [1.165, 1.54) is 6.08 Å². The maximum atomic E-state index is 12.9. The van der Waals surface area contributed by atoms with Crippen molar-refractivity contribution in [3.63, 3.8) is 0 Å². The summed E-state index contributed by atoms with van der Waals surface area (Å²) in [6.45, 7) is 3.39. The maximum Gasteiger partial charge on any atom is 0.416 e. The Labute approximate surface area is 132 Å². The lowest BCUT2D eigenvalue weighted by Gasteiger charge is -2.14. The molecule has 0 spiro atoms. The monoisotopic (exact) mass is 351 g/mol. The summed E-state index contributed by atoms with van der Waals surface area (Å²) in [7, 11) is 0. The molecule has 3 N–H and O–H groups in total. The number of anilines is 1. The predicted molar refractivity (Wildman–Crippen MR) is 74.1 cm³/mol. The molecule has 0 radical (unpaired) electrons. The van der Waals surface area contributed by atoms with Gasteiger partial charge in [0.2, 0.25) is 5.88 Å². The molecule has 9 heteroatoms. The molecule has 0 saturated carbocycles. The number of hydrogen-bond donors (Lipinski definition) is 2. The fraction of sp³-hybridized carbons (Fsp3) is 0.200. The molecule has 2 rings (SSSR count). The van der Waals surface area contributed by atoms with Crippen LogP contribution in [-0.4, -0.2) is 5.11 Å². The second-order valence-electron chi connectivity index (χ2n) is 4.90. The van der Waals surface area contributed by atoms with Gasteiger partial charge in [0, 0.05) is 6.42 Å². The van der Waals surface area contributed by atoms with Gasteiger partial charge in [-0.05, 0) is 23.8 Å². The summed E-state index contributed by atoms with van der Waals surface area (Å²) in [4.78, 5) is 0. The van der Waals surface area contributed by atoms with Gasteiger partial charge in [-0.2, -0.15) is 26.3 Å². The maximum absolute atomic E-state index is 12.9. The Kier molecular flexibility index (Phi) is 4.30. The number of benzene rings is 1. The highest BCUT2D eigenvalue weighted by atomic mass is 19.4.